The molecule has 2 fully saturated rings. The van der Waals surface area contributed by atoms with E-state index in [4.69, 9.17) is 34.7 Å². The molecule has 2 saturated heterocycles. The van der Waals surface area contributed by atoms with Crippen molar-refractivity contribution in [3.8, 4) is 0 Å². The predicted octanol–water partition coefficient (Wildman–Crippen LogP) is -3.06. The molecule has 0 saturated carbocycles. The van der Waals surface area contributed by atoms with Crippen LogP contribution in [0.1, 0.15) is 6.23 Å². The number of ether oxygens (including phenoxy) is 3. The fourth-order valence-electron chi connectivity index (χ4n) is 5.25. The van der Waals surface area contributed by atoms with Gasteiger partial charge in [-0.1, -0.05) is 0 Å². The van der Waals surface area contributed by atoms with Gasteiger partial charge in [-0.3, -0.25) is 28.0 Å². The third kappa shape index (κ3) is 4.84. The van der Waals surface area contributed by atoms with Crippen molar-refractivity contribution in [2.24, 2.45) is 0 Å². The number of imidazole rings is 2. The highest BCUT2D eigenvalue weighted by Gasteiger charge is 2.58. The molecule has 1 unspecified atom stereocenters. The molecule has 0 aromatic carbocycles. The van der Waals surface area contributed by atoms with Gasteiger partial charge < -0.3 is 45.9 Å². The maximum atomic E-state index is 13.4. The van der Waals surface area contributed by atoms with Crippen molar-refractivity contribution in [1.29, 1.82) is 0 Å². The monoisotopic (exact) mass is 626 g/mol. The van der Waals surface area contributed by atoms with Crippen molar-refractivity contribution in [3.05, 3.63) is 29.3 Å². The molecule has 0 amide bonds. The highest BCUT2D eigenvalue weighted by atomic mass is 31.2. The number of nitrogens with zero attached hydrogens (tertiary/aromatic N) is 7. The van der Waals surface area contributed by atoms with E-state index >= 15 is 0 Å². The summed E-state index contributed by atoms with van der Waals surface area (Å²) >= 11 is 0. The predicted molar refractivity (Wildman–Crippen MR) is 141 cm³/mol. The summed E-state index contributed by atoms with van der Waals surface area (Å²) < 4.78 is 43.6. The number of anilines is 2. The number of H-pyrrole nitrogens is 1. The van der Waals surface area contributed by atoms with Crippen molar-refractivity contribution in [2.45, 2.75) is 42.5 Å². The Morgan fingerprint density at radius 2 is 1.91 bits per heavy atom. The van der Waals surface area contributed by atoms with Crippen LogP contribution in [0.15, 0.2) is 23.8 Å². The Morgan fingerprint density at radius 3 is 2.65 bits per heavy atom. The van der Waals surface area contributed by atoms with Crippen LogP contribution in [0.5, 0.6) is 0 Å². The number of nitrogens with two attached hydrogens (primary N) is 2. The number of aliphatic hydroxyl groups excluding tert-OH is 3. The molecule has 4 aromatic heterocycles. The number of methoxy groups -OCH3 is 1. The molecule has 9 N–H and O–H groups in total. The fourth-order valence-corrected chi connectivity index (χ4v) is 6.28. The van der Waals surface area contributed by atoms with Crippen molar-refractivity contribution in [2.75, 3.05) is 38.4 Å². The van der Waals surface area contributed by atoms with Crippen LogP contribution in [0.2, 0.25) is 0 Å². The molecule has 2 aliphatic heterocycles. The first-order valence-corrected chi connectivity index (χ1v) is 14.1. The largest absolute Gasteiger partial charge is 0.474 e. The van der Waals surface area contributed by atoms with E-state index in [0.717, 1.165) is 10.9 Å². The Balaban J connectivity index is 1.26. The van der Waals surface area contributed by atoms with Crippen LogP contribution in [0.4, 0.5) is 11.8 Å². The summed E-state index contributed by atoms with van der Waals surface area (Å²) in [5, 5.41) is 31.2. The summed E-state index contributed by atoms with van der Waals surface area (Å²) in [6, 6.07) is 0. The Hall–Kier alpha value is -3.63. The molecule has 0 bridgehead atoms. The number of hydrogen-bond acceptors (Lipinski definition) is 17. The second kappa shape index (κ2) is 10.8. The van der Waals surface area contributed by atoms with Crippen molar-refractivity contribution >= 4 is 41.9 Å². The topological polar surface area (TPSA) is 303 Å². The minimum Gasteiger partial charge on any atom is -0.394 e. The van der Waals surface area contributed by atoms with E-state index in [0.29, 0.717) is 0 Å². The van der Waals surface area contributed by atoms with E-state index in [1.54, 1.807) is 0 Å². The number of phosphoric ester groups is 1. The number of nitrogen functional groups attached to an aromatic ring is 2. The van der Waals surface area contributed by atoms with E-state index in [1.165, 1.54) is 24.3 Å². The molecule has 0 radical (unpaired) electrons. The number of fused-ring (bicyclic) bond motifs is 2. The third-order valence-electron chi connectivity index (χ3n) is 7.23. The first-order valence-electron chi connectivity index (χ1n) is 12.6. The zero-order chi connectivity index (χ0) is 30.7. The number of aromatic nitrogens is 8. The second-order valence-electron chi connectivity index (χ2n) is 9.76. The quantitative estimate of drug-likeness (QED) is 0.0907. The lowest BCUT2D eigenvalue weighted by molar-refractivity contribution is -0.124. The Morgan fingerprint density at radius 1 is 1.14 bits per heavy atom. The number of aromatic amines is 1. The van der Waals surface area contributed by atoms with Gasteiger partial charge in [-0.05, 0) is 0 Å². The van der Waals surface area contributed by atoms with Gasteiger partial charge in [0.15, 0.2) is 28.9 Å². The molecular weight excluding hydrogens is 599 g/mol. The van der Waals surface area contributed by atoms with E-state index in [2.05, 4.69) is 29.9 Å². The maximum absolute atomic E-state index is 13.4. The standard InChI is InChI=1S/C21H27N10O11P/c1-38-14-8(2-32)39-4-21(14,31-7-27-11-17(31)28-20(23)29-18(11)35)42-43(36,37)40-3-9-12(33)13(34)19(41-9)30-6-26-10-15(22)24-5-25-16(10)30/h5-9,12-14,19,32-34H,2-4H2,1H3,(H,36,37)(H2,22,24,25)(H3,23,28,29,35)/t8-,9-,12-,13-,14-,19-,21+/m1/s1. The lowest BCUT2D eigenvalue weighted by Gasteiger charge is -2.35. The average Bonchev–Trinajstić information content (AvgIpc) is 3.73. The van der Waals surface area contributed by atoms with E-state index in [9.17, 15) is 29.6 Å². The molecule has 0 spiro atoms. The van der Waals surface area contributed by atoms with E-state index < -0.39 is 75.7 Å². The van der Waals surface area contributed by atoms with Crippen LogP contribution < -0.4 is 17.0 Å². The van der Waals surface area contributed by atoms with Crippen LogP contribution in [-0.2, 0) is 33.5 Å². The Bertz CT molecular complexity index is 1760. The number of rotatable bonds is 9. The molecule has 232 valence electrons. The van der Waals surface area contributed by atoms with Gasteiger partial charge in [0.25, 0.3) is 5.56 Å². The fraction of sp³-hybridized carbons (Fsp3) is 0.524. The summed E-state index contributed by atoms with van der Waals surface area (Å²) in [5.41, 5.74) is 8.93. The minimum atomic E-state index is -5.13. The lowest BCUT2D eigenvalue weighted by atomic mass is 10.1. The molecule has 8 atom stereocenters. The van der Waals surface area contributed by atoms with Crippen LogP contribution in [0, 0.1) is 0 Å². The smallest absolute Gasteiger partial charge is 0.394 e. The molecular formula is C21H27N10O11P. The lowest BCUT2D eigenvalue weighted by Crippen LogP contribution is -2.49. The summed E-state index contributed by atoms with van der Waals surface area (Å²) in [4.78, 5) is 45.7. The number of aliphatic hydroxyl groups is 3. The van der Waals surface area contributed by atoms with Crippen molar-refractivity contribution in [1.82, 2.24) is 39.0 Å². The summed E-state index contributed by atoms with van der Waals surface area (Å²) in [5.74, 6) is -0.185. The van der Waals surface area contributed by atoms with Gasteiger partial charge in [0.1, 0.15) is 42.4 Å². The van der Waals surface area contributed by atoms with Gasteiger partial charge in [-0.2, -0.15) is 4.98 Å². The van der Waals surface area contributed by atoms with Gasteiger partial charge in [0.2, 0.25) is 11.7 Å². The summed E-state index contributed by atoms with van der Waals surface area (Å²) in [6.45, 7) is -1.78. The summed E-state index contributed by atoms with van der Waals surface area (Å²) in [6.07, 6.45) is -4.34. The number of hydrogen-bond donors (Lipinski definition) is 7. The molecule has 21 nitrogen and oxygen atoms in total. The highest BCUT2D eigenvalue weighted by molar-refractivity contribution is 7.47. The Kier molecular flexibility index (Phi) is 7.41. The minimum absolute atomic E-state index is 0.0887. The van der Waals surface area contributed by atoms with Crippen molar-refractivity contribution in [3.63, 3.8) is 0 Å². The average molecular weight is 626 g/mol. The summed E-state index contributed by atoms with van der Waals surface area (Å²) in [7, 11) is -3.88. The highest BCUT2D eigenvalue weighted by Crippen LogP contribution is 2.53. The molecule has 0 aliphatic carbocycles. The maximum Gasteiger partial charge on any atom is 0.474 e. The molecule has 43 heavy (non-hydrogen) atoms. The molecule has 4 aromatic rings. The zero-order valence-corrected chi connectivity index (χ0v) is 23.1. The van der Waals surface area contributed by atoms with Crippen molar-refractivity contribution < 1.29 is 48.0 Å². The van der Waals surface area contributed by atoms with Crippen LogP contribution in [0.3, 0.4) is 0 Å². The van der Waals surface area contributed by atoms with Gasteiger partial charge in [-0.25, -0.2) is 24.5 Å². The Labute approximate surface area is 239 Å². The van der Waals surface area contributed by atoms with E-state index in [-0.39, 0.29) is 34.1 Å². The van der Waals surface area contributed by atoms with E-state index in [1.807, 2.05) is 0 Å². The molecule has 2 aliphatic rings. The van der Waals surface area contributed by atoms with Gasteiger partial charge in [0, 0.05) is 7.11 Å². The number of nitrogens with one attached hydrogen (secondary N) is 1. The SMILES string of the molecule is CO[C@@H]1[C@@H](CO)OC[C@@]1(OP(=O)(O)OC[C@H]1O[C@@H](n2cnc3c(N)ncnc32)[C@H](O)[C@@H]1O)n1cnc2c(=O)[nH]c(N)nc21. The normalized spacial score (nSPS) is 30.8. The van der Waals surface area contributed by atoms with Crippen LogP contribution in [0.25, 0.3) is 22.3 Å². The first kappa shape index (κ1) is 29.4. The molecule has 22 heteroatoms. The second-order valence-corrected chi connectivity index (χ2v) is 11.1. The van der Waals surface area contributed by atoms with Crippen LogP contribution in [-0.4, -0.2) is 117 Å². The van der Waals surface area contributed by atoms with Gasteiger partial charge in [-0.15, -0.1) is 0 Å². The van der Waals surface area contributed by atoms with Gasteiger partial charge >= 0.3 is 7.82 Å². The zero-order valence-electron chi connectivity index (χ0n) is 22.2. The molecule has 6 heterocycles. The first-order chi connectivity index (χ1) is 20.5. The number of phosphoric acid groups is 1. The third-order valence-corrected chi connectivity index (χ3v) is 8.25. The molecule has 6 rings (SSSR count). The van der Waals surface area contributed by atoms with Crippen LogP contribution >= 0.6 is 7.82 Å². The van der Waals surface area contributed by atoms with Gasteiger partial charge in [0.05, 0.1) is 32.5 Å².